The minimum atomic E-state index is -0.905. The highest BCUT2D eigenvalue weighted by atomic mass is 35.5. The fraction of sp³-hybridized carbons (Fsp3) is 0.471. The van der Waals surface area contributed by atoms with Crippen LogP contribution in [-0.2, 0) is 14.4 Å². The van der Waals surface area contributed by atoms with Crippen LogP contribution in [0, 0.1) is 17.6 Å². The number of nitrogens with zero attached hydrogens (tertiary/aromatic N) is 1. The number of benzene rings is 1. The first-order valence-corrected chi connectivity index (χ1v) is 8.30. The SMILES string of the molecule is CC(C)[C@H](N)C(=O)NCC(=O)NC1CCN(c2c(F)cccc2F)C1=O.Cl. The van der Waals surface area contributed by atoms with Crippen LogP contribution in [0.3, 0.4) is 0 Å². The topological polar surface area (TPSA) is 105 Å². The molecule has 0 radical (unpaired) electrons. The molecule has 0 aliphatic carbocycles. The summed E-state index contributed by atoms with van der Waals surface area (Å²) in [7, 11) is 0. The van der Waals surface area contributed by atoms with Crippen molar-refractivity contribution >= 4 is 35.8 Å². The van der Waals surface area contributed by atoms with Gasteiger partial charge in [0.1, 0.15) is 23.4 Å². The number of hydrogen-bond acceptors (Lipinski definition) is 4. The van der Waals surface area contributed by atoms with Crippen molar-refractivity contribution < 1.29 is 23.2 Å². The molecule has 0 aromatic heterocycles. The molecule has 1 aliphatic heterocycles. The number of carbonyl (C=O) groups is 3. The molecule has 10 heteroatoms. The summed E-state index contributed by atoms with van der Waals surface area (Å²) in [6.45, 7) is 3.29. The predicted octanol–water partition coefficient (Wildman–Crippen LogP) is 0.708. The summed E-state index contributed by atoms with van der Waals surface area (Å²) in [6, 6.07) is 1.68. The van der Waals surface area contributed by atoms with E-state index in [0.717, 1.165) is 17.0 Å². The molecule has 2 atom stereocenters. The van der Waals surface area contributed by atoms with Gasteiger partial charge in [-0.05, 0) is 24.5 Å². The van der Waals surface area contributed by atoms with Gasteiger partial charge in [-0.25, -0.2) is 8.78 Å². The lowest BCUT2D eigenvalue weighted by Gasteiger charge is -2.19. The maximum atomic E-state index is 13.8. The number of amides is 3. The van der Waals surface area contributed by atoms with E-state index in [4.69, 9.17) is 5.73 Å². The number of nitrogens with one attached hydrogen (secondary N) is 2. The van der Waals surface area contributed by atoms with Crippen LogP contribution in [0.1, 0.15) is 20.3 Å². The summed E-state index contributed by atoms with van der Waals surface area (Å²) in [4.78, 5) is 37.0. The van der Waals surface area contributed by atoms with Crippen molar-refractivity contribution in [1.29, 1.82) is 0 Å². The van der Waals surface area contributed by atoms with E-state index in [9.17, 15) is 23.2 Å². The molecule has 0 bridgehead atoms. The highest BCUT2D eigenvalue weighted by Crippen LogP contribution is 2.27. The third-order valence-electron chi connectivity index (χ3n) is 4.19. The van der Waals surface area contributed by atoms with E-state index in [-0.39, 0.29) is 37.8 Å². The van der Waals surface area contributed by atoms with Gasteiger partial charge in [0, 0.05) is 6.54 Å². The van der Waals surface area contributed by atoms with Crippen LogP contribution >= 0.6 is 12.4 Å². The van der Waals surface area contributed by atoms with Crippen LogP contribution in [0.15, 0.2) is 18.2 Å². The van der Waals surface area contributed by atoms with Crippen LogP contribution in [0.2, 0.25) is 0 Å². The van der Waals surface area contributed by atoms with E-state index < -0.39 is 47.1 Å². The Morgan fingerprint density at radius 2 is 1.89 bits per heavy atom. The predicted molar refractivity (Wildman–Crippen MR) is 98.3 cm³/mol. The van der Waals surface area contributed by atoms with Gasteiger partial charge >= 0.3 is 0 Å². The van der Waals surface area contributed by atoms with E-state index >= 15 is 0 Å². The molecule has 0 spiro atoms. The van der Waals surface area contributed by atoms with Crippen LogP contribution < -0.4 is 21.3 Å². The summed E-state index contributed by atoms with van der Waals surface area (Å²) in [5.74, 6) is -3.43. The minimum Gasteiger partial charge on any atom is -0.346 e. The lowest BCUT2D eigenvalue weighted by Crippen LogP contribution is -2.49. The van der Waals surface area contributed by atoms with Crippen molar-refractivity contribution in [1.82, 2.24) is 10.6 Å². The number of carbonyl (C=O) groups excluding carboxylic acids is 3. The molecule has 150 valence electrons. The van der Waals surface area contributed by atoms with E-state index in [0.29, 0.717) is 0 Å². The summed E-state index contributed by atoms with van der Waals surface area (Å²) < 4.78 is 27.7. The largest absolute Gasteiger partial charge is 0.346 e. The molecule has 1 saturated heterocycles. The third kappa shape index (κ3) is 5.36. The minimum absolute atomic E-state index is 0. The van der Waals surface area contributed by atoms with Crippen molar-refractivity contribution in [3.05, 3.63) is 29.8 Å². The molecule has 27 heavy (non-hydrogen) atoms. The maximum absolute atomic E-state index is 13.8. The van der Waals surface area contributed by atoms with E-state index in [1.54, 1.807) is 13.8 Å². The van der Waals surface area contributed by atoms with Gasteiger partial charge in [0.15, 0.2) is 0 Å². The van der Waals surface area contributed by atoms with Crippen molar-refractivity contribution in [3.63, 3.8) is 0 Å². The monoisotopic (exact) mass is 404 g/mol. The summed E-state index contributed by atoms with van der Waals surface area (Å²) in [5, 5.41) is 4.85. The molecule has 7 nitrogen and oxygen atoms in total. The molecular formula is C17H23ClF2N4O3. The number of para-hydroxylation sites is 1. The highest BCUT2D eigenvalue weighted by Gasteiger charge is 2.36. The van der Waals surface area contributed by atoms with Crippen LogP contribution in [0.25, 0.3) is 0 Å². The number of rotatable bonds is 6. The van der Waals surface area contributed by atoms with Crippen molar-refractivity contribution in [2.75, 3.05) is 18.0 Å². The molecule has 4 N–H and O–H groups in total. The van der Waals surface area contributed by atoms with Gasteiger partial charge in [0.05, 0.1) is 12.6 Å². The Balaban J connectivity index is 0.00000364. The Morgan fingerprint density at radius 1 is 1.30 bits per heavy atom. The second-order valence-corrected chi connectivity index (χ2v) is 6.46. The smallest absolute Gasteiger partial charge is 0.249 e. The van der Waals surface area contributed by atoms with Crippen LogP contribution in [0.4, 0.5) is 14.5 Å². The van der Waals surface area contributed by atoms with Gasteiger partial charge in [0.25, 0.3) is 0 Å². The maximum Gasteiger partial charge on any atom is 0.249 e. The van der Waals surface area contributed by atoms with E-state index in [2.05, 4.69) is 10.6 Å². The summed E-state index contributed by atoms with van der Waals surface area (Å²) in [5.41, 5.74) is 5.24. The van der Waals surface area contributed by atoms with Crippen LogP contribution in [0.5, 0.6) is 0 Å². The van der Waals surface area contributed by atoms with E-state index in [1.807, 2.05) is 0 Å². The van der Waals surface area contributed by atoms with Crippen molar-refractivity contribution in [2.24, 2.45) is 11.7 Å². The average molecular weight is 405 g/mol. The zero-order valence-electron chi connectivity index (χ0n) is 15.0. The average Bonchev–Trinajstić information content (AvgIpc) is 2.92. The fourth-order valence-electron chi connectivity index (χ4n) is 2.62. The second kappa shape index (κ2) is 9.61. The number of anilines is 1. The first-order chi connectivity index (χ1) is 12.2. The molecule has 2 rings (SSSR count). The molecule has 0 saturated carbocycles. The van der Waals surface area contributed by atoms with Gasteiger partial charge in [-0.15, -0.1) is 12.4 Å². The fourth-order valence-corrected chi connectivity index (χ4v) is 2.62. The Bertz CT molecular complexity index is 697. The van der Waals surface area contributed by atoms with Gasteiger partial charge in [-0.1, -0.05) is 19.9 Å². The Kier molecular flexibility index (Phi) is 8.11. The molecule has 3 amide bonds. The molecule has 1 unspecified atom stereocenters. The van der Waals surface area contributed by atoms with Gasteiger partial charge in [-0.3, -0.25) is 14.4 Å². The number of halogens is 3. The highest BCUT2D eigenvalue weighted by molar-refractivity contribution is 6.01. The van der Waals surface area contributed by atoms with Gasteiger partial charge in [-0.2, -0.15) is 0 Å². The van der Waals surface area contributed by atoms with Crippen molar-refractivity contribution in [2.45, 2.75) is 32.4 Å². The molecule has 1 aromatic carbocycles. The lowest BCUT2D eigenvalue weighted by atomic mass is 10.1. The van der Waals surface area contributed by atoms with Gasteiger partial charge < -0.3 is 21.3 Å². The molecule has 1 fully saturated rings. The standard InChI is InChI=1S/C17H22F2N4O3.ClH/c1-9(2)14(20)16(25)21-8-13(24)22-12-6-7-23(17(12)26)15-10(18)4-3-5-11(15)19;/h3-5,9,12,14H,6-8,20H2,1-2H3,(H,21,25)(H,22,24);1H/t12?,14-;/m0./s1. The molecule has 1 aromatic rings. The van der Waals surface area contributed by atoms with Crippen LogP contribution in [-0.4, -0.2) is 42.9 Å². The van der Waals surface area contributed by atoms with E-state index in [1.165, 1.54) is 6.07 Å². The summed E-state index contributed by atoms with van der Waals surface area (Å²) in [6.07, 6.45) is 0.206. The first-order valence-electron chi connectivity index (χ1n) is 8.30. The molecule has 1 heterocycles. The quantitative estimate of drug-likeness (QED) is 0.649. The summed E-state index contributed by atoms with van der Waals surface area (Å²) >= 11 is 0. The van der Waals surface area contributed by atoms with Gasteiger partial charge in [0.2, 0.25) is 17.7 Å². The Morgan fingerprint density at radius 3 is 2.44 bits per heavy atom. The normalized spacial score (nSPS) is 17.5. The third-order valence-corrected chi connectivity index (χ3v) is 4.19. The van der Waals surface area contributed by atoms with Crippen molar-refractivity contribution in [3.8, 4) is 0 Å². The number of nitrogens with two attached hydrogens (primary N) is 1. The molecule has 1 aliphatic rings. The zero-order chi connectivity index (χ0) is 19.4. The second-order valence-electron chi connectivity index (χ2n) is 6.46. The Hall–Kier alpha value is -2.26. The lowest BCUT2D eigenvalue weighted by molar-refractivity contribution is -0.128. The number of hydrogen-bond donors (Lipinski definition) is 3. The first kappa shape index (κ1) is 22.8. The Labute approximate surface area is 162 Å². The zero-order valence-corrected chi connectivity index (χ0v) is 15.8. The molecular weight excluding hydrogens is 382 g/mol.